The number of piperazine rings is 1. The first kappa shape index (κ1) is 16.8. The molecule has 1 heterocycles. The van der Waals surface area contributed by atoms with Crippen LogP contribution in [0.15, 0.2) is 18.2 Å². The fraction of sp³-hybridized carbons (Fsp3) is 0.462. The second-order valence-electron chi connectivity index (χ2n) is 5.06. The summed E-state index contributed by atoms with van der Waals surface area (Å²) in [6.45, 7) is 0.750. The van der Waals surface area contributed by atoms with E-state index in [9.17, 15) is 22.0 Å². The second kappa shape index (κ2) is 6.67. The normalized spacial score (nSPS) is 16.8. The van der Waals surface area contributed by atoms with E-state index in [0.717, 1.165) is 22.5 Å². The molecule has 6 nitrogen and oxygen atoms in total. The summed E-state index contributed by atoms with van der Waals surface area (Å²) in [7, 11) is -3.74. The lowest BCUT2D eigenvalue weighted by molar-refractivity contribution is -0.132. The predicted octanol–water partition coefficient (Wildman–Crippen LogP) is 0.245. The number of halogens is 2. The molecular weight excluding hydrogens is 316 g/mol. The van der Waals surface area contributed by atoms with Crippen molar-refractivity contribution in [2.75, 3.05) is 26.2 Å². The smallest absolute Gasteiger partial charge is 0.277 e. The van der Waals surface area contributed by atoms with Gasteiger partial charge in [0.05, 0.1) is 0 Å². The van der Waals surface area contributed by atoms with Crippen molar-refractivity contribution in [2.45, 2.75) is 12.8 Å². The van der Waals surface area contributed by atoms with Gasteiger partial charge in [0.2, 0.25) is 5.91 Å². The van der Waals surface area contributed by atoms with Crippen molar-refractivity contribution in [3.8, 4) is 0 Å². The molecule has 0 radical (unpaired) electrons. The topological polar surface area (TPSA) is 83.7 Å². The fourth-order valence-electron chi connectivity index (χ4n) is 2.33. The van der Waals surface area contributed by atoms with Crippen LogP contribution in [-0.2, 0) is 21.4 Å². The highest BCUT2D eigenvalue weighted by molar-refractivity contribution is 7.86. The van der Waals surface area contributed by atoms with E-state index in [-0.39, 0.29) is 50.5 Å². The van der Waals surface area contributed by atoms with E-state index in [1.165, 1.54) is 4.90 Å². The Morgan fingerprint density at radius 2 is 1.82 bits per heavy atom. The Hall–Kier alpha value is -1.58. The number of hydrogen-bond donors (Lipinski definition) is 1. The lowest BCUT2D eigenvalue weighted by Crippen LogP contribution is -2.52. The summed E-state index contributed by atoms with van der Waals surface area (Å²) in [6.07, 6.45) is 0.133. The first-order chi connectivity index (χ1) is 10.3. The third kappa shape index (κ3) is 4.21. The van der Waals surface area contributed by atoms with Crippen LogP contribution >= 0.6 is 0 Å². The molecule has 1 aliphatic heterocycles. The molecule has 122 valence electrons. The Bertz CT molecular complexity index is 658. The van der Waals surface area contributed by atoms with Crippen molar-refractivity contribution in [3.63, 3.8) is 0 Å². The van der Waals surface area contributed by atoms with Gasteiger partial charge in [-0.1, -0.05) is 0 Å². The minimum Gasteiger partial charge on any atom is -0.340 e. The molecule has 1 aromatic rings. The zero-order chi connectivity index (χ0) is 16.3. The number of carbonyl (C=O) groups is 1. The van der Waals surface area contributed by atoms with Gasteiger partial charge in [0.15, 0.2) is 0 Å². The average molecular weight is 333 g/mol. The van der Waals surface area contributed by atoms with E-state index in [1.54, 1.807) is 0 Å². The Labute approximate surface area is 127 Å². The van der Waals surface area contributed by atoms with Crippen molar-refractivity contribution < 1.29 is 22.0 Å². The van der Waals surface area contributed by atoms with Crippen molar-refractivity contribution >= 4 is 16.1 Å². The summed E-state index contributed by atoms with van der Waals surface area (Å²) in [5, 5.41) is 5.01. The predicted molar refractivity (Wildman–Crippen MR) is 75.9 cm³/mol. The van der Waals surface area contributed by atoms with Crippen molar-refractivity contribution in [2.24, 2.45) is 5.14 Å². The van der Waals surface area contributed by atoms with Crippen LogP contribution in [0.4, 0.5) is 8.78 Å². The molecule has 9 heteroatoms. The van der Waals surface area contributed by atoms with E-state index in [0.29, 0.717) is 0 Å². The monoisotopic (exact) mass is 333 g/mol. The highest BCUT2D eigenvalue weighted by atomic mass is 32.2. The number of nitrogens with two attached hydrogens (primary N) is 1. The summed E-state index contributed by atoms with van der Waals surface area (Å²) in [5.74, 6) is -1.32. The molecule has 2 rings (SSSR count). The maximum atomic E-state index is 13.5. The summed E-state index contributed by atoms with van der Waals surface area (Å²) >= 11 is 0. The number of rotatable bonds is 4. The zero-order valence-corrected chi connectivity index (χ0v) is 12.7. The van der Waals surface area contributed by atoms with Gasteiger partial charge in [-0.2, -0.15) is 12.7 Å². The Morgan fingerprint density at radius 1 is 1.18 bits per heavy atom. The number of hydrogen-bond acceptors (Lipinski definition) is 3. The summed E-state index contributed by atoms with van der Waals surface area (Å²) in [6, 6.07) is 3.12. The number of amides is 1. The lowest BCUT2D eigenvalue weighted by Gasteiger charge is -2.33. The molecule has 0 spiro atoms. The van der Waals surface area contributed by atoms with E-state index in [1.807, 2.05) is 0 Å². The highest BCUT2D eigenvalue weighted by Gasteiger charge is 2.26. The molecule has 0 bridgehead atoms. The molecule has 0 saturated carbocycles. The van der Waals surface area contributed by atoms with Crippen LogP contribution in [0.5, 0.6) is 0 Å². The third-order valence-corrected chi connectivity index (χ3v) is 4.65. The molecule has 1 amide bonds. The Kier molecular flexibility index (Phi) is 5.09. The first-order valence-electron chi connectivity index (χ1n) is 6.77. The molecule has 1 saturated heterocycles. The van der Waals surface area contributed by atoms with Gasteiger partial charge in [-0.15, -0.1) is 0 Å². The SMILES string of the molecule is NS(=O)(=O)N1CCN(C(=O)CCc2cc(F)ccc2F)CC1. The number of nitrogens with zero attached hydrogens (tertiary/aromatic N) is 2. The van der Waals surface area contributed by atoms with Gasteiger partial charge < -0.3 is 4.90 Å². The molecule has 0 aromatic heterocycles. The number of carbonyl (C=O) groups excluding carboxylic acids is 1. The maximum Gasteiger partial charge on any atom is 0.277 e. The van der Waals surface area contributed by atoms with Crippen LogP contribution in [0.3, 0.4) is 0 Å². The molecule has 0 unspecified atom stereocenters. The van der Waals surface area contributed by atoms with Crippen LogP contribution < -0.4 is 5.14 Å². The summed E-state index contributed by atoms with van der Waals surface area (Å²) in [5.41, 5.74) is 0.150. The highest BCUT2D eigenvalue weighted by Crippen LogP contribution is 2.13. The Balaban J connectivity index is 1.87. The lowest BCUT2D eigenvalue weighted by atomic mass is 10.1. The van der Waals surface area contributed by atoms with E-state index < -0.39 is 21.8 Å². The molecule has 2 N–H and O–H groups in total. The third-order valence-electron chi connectivity index (χ3n) is 3.57. The largest absolute Gasteiger partial charge is 0.340 e. The molecule has 1 aromatic carbocycles. The minimum atomic E-state index is -3.74. The number of benzene rings is 1. The minimum absolute atomic E-state index is 0.0374. The standard InChI is InChI=1S/C13H17F2N3O3S/c14-11-2-3-12(15)10(9-11)1-4-13(19)17-5-7-18(8-6-17)22(16,20)21/h2-3,9H,1,4-8H2,(H2,16,20,21). The van der Waals surface area contributed by atoms with Gasteiger partial charge in [-0.3, -0.25) is 4.79 Å². The average Bonchev–Trinajstić information content (AvgIpc) is 2.47. The van der Waals surface area contributed by atoms with Gasteiger partial charge in [-0.05, 0) is 30.2 Å². The molecule has 22 heavy (non-hydrogen) atoms. The van der Waals surface area contributed by atoms with Crippen LogP contribution in [0.2, 0.25) is 0 Å². The zero-order valence-electron chi connectivity index (χ0n) is 11.8. The molecule has 0 aliphatic carbocycles. The van der Waals surface area contributed by atoms with Gasteiger partial charge >= 0.3 is 0 Å². The van der Waals surface area contributed by atoms with Crippen molar-refractivity contribution in [3.05, 3.63) is 35.4 Å². The summed E-state index contributed by atoms with van der Waals surface area (Å²) < 4.78 is 49.9. The van der Waals surface area contributed by atoms with Crippen LogP contribution in [-0.4, -0.2) is 49.7 Å². The van der Waals surface area contributed by atoms with Gasteiger partial charge in [0.25, 0.3) is 10.2 Å². The second-order valence-corrected chi connectivity index (χ2v) is 6.61. The molecule has 1 fully saturated rings. The maximum absolute atomic E-state index is 13.5. The van der Waals surface area contributed by atoms with E-state index >= 15 is 0 Å². The summed E-state index contributed by atoms with van der Waals surface area (Å²) in [4.78, 5) is 13.5. The van der Waals surface area contributed by atoms with Gasteiger partial charge in [0, 0.05) is 32.6 Å². The molecule has 0 atom stereocenters. The van der Waals surface area contributed by atoms with E-state index in [2.05, 4.69) is 0 Å². The fourth-order valence-corrected chi connectivity index (χ4v) is 3.00. The van der Waals surface area contributed by atoms with Gasteiger partial charge in [-0.25, -0.2) is 13.9 Å². The van der Waals surface area contributed by atoms with Crippen molar-refractivity contribution in [1.82, 2.24) is 9.21 Å². The number of aryl methyl sites for hydroxylation is 1. The van der Waals surface area contributed by atoms with Crippen LogP contribution in [0.25, 0.3) is 0 Å². The van der Waals surface area contributed by atoms with Crippen LogP contribution in [0, 0.1) is 11.6 Å². The quantitative estimate of drug-likeness (QED) is 0.857. The molecule has 1 aliphatic rings. The van der Waals surface area contributed by atoms with Crippen molar-refractivity contribution in [1.29, 1.82) is 0 Å². The van der Waals surface area contributed by atoms with E-state index in [4.69, 9.17) is 5.14 Å². The van der Waals surface area contributed by atoms with Crippen LogP contribution in [0.1, 0.15) is 12.0 Å². The van der Waals surface area contributed by atoms with Gasteiger partial charge in [0.1, 0.15) is 11.6 Å². The molecular formula is C13H17F2N3O3S. The Morgan fingerprint density at radius 3 is 2.41 bits per heavy atom. The first-order valence-corrected chi connectivity index (χ1v) is 8.27.